The van der Waals surface area contributed by atoms with E-state index in [4.69, 9.17) is 23.8 Å². The minimum absolute atomic E-state index is 0.171. The van der Waals surface area contributed by atoms with Crippen molar-refractivity contribution in [3.05, 3.63) is 61.8 Å². The summed E-state index contributed by atoms with van der Waals surface area (Å²) < 4.78 is 14.1. The molecule has 0 amide bonds. The summed E-state index contributed by atoms with van der Waals surface area (Å²) in [5.41, 5.74) is 0.229. The third-order valence-corrected chi connectivity index (χ3v) is 3.59. The first kappa shape index (κ1) is 16.6. The first-order valence-electron chi connectivity index (χ1n) is 5.84. The molecule has 0 unspecified atom stereocenters. The Hall–Kier alpha value is -1.77. The van der Waals surface area contributed by atoms with Gasteiger partial charge >= 0.3 is 5.69 Å². The number of thiocarbonyl (C=S) groups is 1. The Morgan fingerprint density at radius 3 is 2.64 bits per heavy atom. The van der Waals surface area contributed by atoms with Gasteiger partial charge in [0.1, 0.15) is 0 Å². The Labute approximate surface area is 143 Å². The molecule has 0 atom stereocenters. The average molecular weight is 405 g/mol. The maximum Gasteiger partial charge on any atom is 0.306 e. The molecule has 0 aliphatic carbocycles. The number of rotatable bonds is 3. The number of benzene rings is 2. The molecule has 0 saturated heterocycles. The van der Waals surface area contributed by atoms with Gasteiger partial charge < -0.3 is 10.6 Å². The monoisotopic (exact) mass is 403 g/mol. The summed E-state index contributed by atoms with van der Waals surface area (Å²) >= 11 is 14.4. The standard InChI is InChI=1S/C13H8BrClFN3O2S/c14-7-1-4-11(9(15)5-7)18-13(22)17-8-2-3-10(16)12(6-8)19(20)21/h1-6H,(H2,17,18,22). The van der Waals surface area contributed by atoms with Crippen molar-refractivity contribution in [3.63, 3.8) is 0 Å². The molecule has 0 radical (unpaired) electrons. The van der Waals surface area contributed by atoms with Crippen molar-refractivity contribution in [2.75, 3.05) is 10.6 Å². The molecule has 0 fully saturated rings. The normalized spacial score (nSPS) is 10.1. The molecule has 22 heavy (non-hydrogen) atoms. The van der Waals surface area contributed by atoms with Crippen LogP contribution in [0.4, 0.5) is 21.5 Å². The molecule has 0 heterocycles. The Balaban J connectivity index is 2.12. The highest BCUT2D eigenvalue weighted by molar-refractivity contribution is 9.10. The molecule has 9 heteroatoms. The van der Waals surface area contributed by atoms with Gasteiger partial charge in [0.15, 0.2) is 5.11 Å². The van der Waals surface area contributed by atoms with E-state index >= 15 is 0 Å². The summed E-state index contributed by atoms with van der Waals surface area (Å²) in [4.78, 5) is 9.89. The van der Waals surface area contributed by atoms with E-state index in [0.29, 0.717) is 16.4 Å². The Kier molecular flexibility index (Phi) is 5.28. The van der Waals surface area contributed by atoms with E-state index in [2.05, 4.69) is 26.6 Å². The molecule has 2 aromatic rings. The Morgan fingerprint density at radius 2 is 2.00 bits per heavy atom. The van der Waals surface area contributed by atoms with E-state index in [1.165, 1.54) is 6.07 Å². The van der Waals surface area contributed by atoms with E-state index in [1.54, 1.807) is 18.2 Å². The molecular weight excluding hydrogens is 397 g/mol. The molecule has 0 bridgehead atoms. The van der Waals surface area contributed by atoms with E-state index in [9.17, 15) is 14.5 Å². The van der Waals surface area contributed by atoms with E-state index in [-0.39, 0.29) is 5.11 Å². The molecule has 0 aliphatic rings. The van der Waals surface area contributed by atoms with Gasteiger partial charge in [0.05, 0.1) is 15.6 Å². The maximum atomic E-state index is 13.3. The predicted octanol–water partition coefficient (Wildman–Crippen LogP) is 4.96. The van der Waals surface area contributed by atoms with Crippen LogP contribution < -0.4 is 10.6 Å². The number of hydrogen-bond acceptors (Lipinski definition) is 3. The summed E-state index contributed by atoms with van der Waals surface area (Å²) in [6.45, 7) is 0. The Bertz CT molecular complexity index is 760. The highest BCUT2D eigenvalue weighted by Gasteiger charge is 2.14. The molecule has 2 rings (SSSR count). The second-order valence-corrected chi connectivity index (χ2v) is 5.86. The van der Waals surface area contributed by atoms with Crippen LogP contribution in [0.3, 0.4) is 0 Å². The van der Waals surface area contributed by atoms with Gasteiger partial charge in [-0.15, -0.1) is 0 Å². The van der Waals surface area contributed by atoms with Gasteiger partial charge in [-0.1, -0.05) is 27.5 Å². The molecule has 0 saturated carbocycles. The number of halogens is 3. The summed E-state index contributed by atoms with van der Waals surface area (Å²) in [7, 11) is 0. The van der Waals surface area contributed by atoms with Crippen molar-refractivity contribution in [3.8, 4) is 0 Å². The largest absolute Gasteiger partial charge is 0.332 e. The van der Waals surface area contributed by atoms with Crippen LogP contribution in [0.1, 0.15) is 0 Å². The minimum atomic E-state index is -0.912. The van der Waals surface area contributed by atoms with Gasteiger partial charge in [-0.3, -0.25) is 10.1 Å². The molecule has 0 aliphatic heterocycles. The number of hydrogen-bond donors (Lipinski definition) is 2. The molecule has 5 nitrogen and oxygen atoms in total. The third-order valence-electron chi connectivity index (χ3n) is 2.58. The summed E-state index contributed by atoms with van der Waals surface area (Å²) in [5, 5.41) is 16.9. The first-order chi connectivity index (χ1) is 10.4. The SMILES string of the molecule is O=[N+]([O-])c1cc(NC(=S)Nc2ccc(Br)cc2Cl)ccc1F. The lowest BCUT2D eigenvalue weighted by molar-refractivity contribution is -0.387. The van der Waals surface area contributed by atoms with Crippen molar-refractivity contribution >= 4 is 61.9 Å². The first-order valence-corrected chi connectivity index (χ1v) is 7.42. The van der Waals surface area contributed by atoms with Crippen LogP contribution in [0.25, 0.3) is 0 Å². The van der Waals surface area contributed by atoms with Gasteiger partial charge in [-0.2, -0.15) is 4.39 Å². The van der Waals surface area contributed by atoms with Crippen LogP contribution in [0, 0.1) is 15.9 Å². The fourth-order valence-corrected chi connectivity index (χ4v) is 2.55. The maximum absolute atomic E-state index is 13.3. The Morgan fingerprint density at radius 1 is 1.27 bits per heavy atom. The number of anilines is 2. The quantitative estimate of drug-likeness (QED) is 0.430. The van der Waals surface area contributed by atoms with Gasteiger partial charge in [0.25, 0.3) is 0 Å². The highest BCUT2D eigenvalue weighted by atomic mass is 79.9. The van der Waals surface area contributed by atoms with Gasteiger partial charge in [0, 0.05) is 16.2 Å². The van der Waals surface area contributed by atoms with Crippen LogP contribution >= 0.6 is 39.7 Å². The van der Waals surface area contributed by atoms with Crippen molar-refractivity contribution < 1.29 is 9.31 Å². The average Bonchev–Trinajstić information content (AvgIpc) is 2.44. The topological polar surface area (TPSA) is 67.2 Å². The van der Waals surface area contributed by atoms with Crippen molar-refractivity contribution in [1.82, 2.24) is 0 Å². The number of nitro groups is 1. The zero-order valence-corrected chi connectivity index (χ0v) is 13.9. The third kappa shape index (κ3) is 4.12. The lowest BCUT2D eigenvalue weighted by Gasteiger charge is -2.12. The van der Waals surface area contributed by atoms with Crippen LogP contribution in [-0.2, 0) is 0 Å². The summed E-state index contributed by atoms with van der Waals surface area (Å²) in [5.74, 6) is -0.912. The number of nitro benzene ring substituents is 1. The number of nitrogens with one attached hydrogen (secondary N) is 2. The van der Waals surface area contributed by atoms with E-state index < -0.39 is 16.4 Å². The zero-order valence-electron chi connectivity index (χ0n) is 10.8. The molecular formula is C13H8BrClFN3O2S. The summed E-state index contributed by atoms with van der Waals surface area (Å²) in [6, 6.07) is 8.59. The highest BCUT2D eigenvalue weighted by Crippen LogP contribution is 2.26. The van der Waals surface area contributed by atoms with E-state index in [0.717, 1.165) is 16.6 Å². The number of nitrogens with zero attached hydrogens (tertiary/aromatic N) is 1. The van der Waals surface area contributed by atoms with Crippen molar-refractivity contribution in [1.29, 1.82) is 0 Å². The fraction of sp³-hybridized carbons (Fsp3) is 0. The predicted molar refractivity (Wildman–Crippen MR) is 92.0 cm³/mol. The second-order valence-electron chi connectivity index (χ2n) is 4.13. The molecule has 2 aromatic carbocycles. The molecule has 2 N–H and O–H groups in total. The smallest absolute Gasteiger partial charge is 0.306 e. The van der Waals surface area contributed by atoms with Crippen LogP contribution in [0.5, 0.6) is 0 Å². The lowest BCUT2D eigenvalue weighted by Crippen LogP contribution is -2.19. The van der Waals surface area contributed by atoms with Crippen molar-refractivity contribution in [2.45, 2.75) is 0 Å². The molecule has 0 spiro atoms. The van der Waals surface area contributed by atoms with Crippen LogP contribution in [-0.4, -0.2) is 10.0 Å². The van der Waals surface area contributed by atoms with Gasteiger partial charge in [0.2, 0.25) is 5.82 Å². The molecule has 0 aromatic heterocycles. The van der Waals surface area contributed by atoms with Crippen LogP contribution in [0.15, 0.2) is 40.9 Å². The van der Waals surface area contributed by atoms with Crippen LogP contribution in [0.2, 0.25) is 5.02 Å². The van der Waals surface area contributed by atoms with Crippen molar-refractivity contribution in [2.24, 2.45) is 0 Å². The second kappa shape index (κ2) is 6.99. The fourth-order valence-electron chi connectivity index (χ4n) is 1.61. The zero-order chi connectivity index (χ0) is 16.3. The minimum Gasteiger partial charge on any atom is -0.332 e. The van der Waals surface area contributed by atoms with E-state index in [1.807, 2.05) is 0 Å². The van der Waals surface area contributed by atoms with Gasteiger partial charge in [-0.05, 0) is 42.5 Å². The molecule has 114 valence electrons. The lowest BCUT2D eigenvalue weighted by atomic mass is 10.2. The summed E-state index contributed by atoms with van der Waals surface area (Å²) in [6.07, 6.45) is 0. The van der Waals surface area contributed by atoms with Gasteiger partial charge in [-0.25, -0.2) is 0 Å².